The quantitative estimate of drug-likeness (QED) is 0.866. The number of anilines is 1. The monoisotopic (exact) mass is 356 g/mol. The molecule has 1 aromatic rings. The van der Waals surface area contributed by atoms with Gasteiger partial charge in [-0.2, -0.15) is 18.3 Å². The van der Waals surface area contributed by atoms with E-state index in [-0.39, 0.29) is 17.8 Å². The van der Waals surface area contributed by atoms with E-state index in [0.717, 1.165) is 32.0 Å². The van der Waals surface area contributed by atoms with Gasteiger partial charge in [-0.25, -0.2) is 0 Å². The molecule has 1 aromatic heterocycles. The van der Waals surface area contributed by atoms with Crippen molar-refractivity contribution in [2.24, 2.45) is 0 Å². The van der Waals surface area contributed by atoms with E-state index in [4.69, 9.17) is 0 Å². The minimum absolute atomic E-state index is 0.00495. The van der Waals surface area contributed by atoms with Crippen molar-refractivity contribution in [3.05, 3.63) is 17.3 Å². The molecule has 1 saturated carbocycles. The van der Waals surface area contributed by atoms with E-state index >= 15 is 0 Å². The molecule has 1 saturated heterocycles. The van der Waals surface area contributed by atoms with Gasteiger partial charge in [-0.15, -0.1) is 5.10 Å². The number of nitrogens with zero attached hydrogens (tertiary/aromatic N) is 3. The predicted octanol–water partition coefficient (Wildman–Crippen LogP) is 4.44. The van der Waals surface area contributed by atoms with Gasteiger partial charge in [0.05, 0.1) is 5.69 Å². The second kappa shape index (κ2) is 7.48. The summed E-state index contributed by atoms with van der Waals surface area (Å²) >= 11 is 0. The number of rotatable bonds is 4. The largest absolute Gasteiger partial charge is 0.420 e. The van der Waals surface area contributed by atoms with Gasteiger partial charge in [-0.05, 0) is 44.2 Å². The molecule has 0 radical (unpaired) electrons. The first kappa shape index (κ1) is 18.4. The lowest BCUT2D eigenvalue weighted by Crippen LogP contribution is -2.46. The lowest BCUT2D eigenvalue weighted by molar-refractivity contribution is -0.137. The Labute approximate surface area is 147 Å². The van der Waals surface area contributed by atoms with Crippen molar-refractivity contribution in [2.75, 3.05) is 18.4 Å². The van der Waals surface area contributed by atoms with E-state index < -0.39 is 11.7 Å². The van der Waals surface area contributed by atoms with Crippen LogP contribution >= 0.6 is 0 Å². The summed E-state index contributed by atoms with van der Waals surface area (Å²) in [4.78, 5) is 2.44. The Balaban J connectivity index is 1.75. The van der Waals surface area contributed by atoms with E-state index in [1.165, 1.54) is 25.7 Å². The summed E-state index contributed by atoms with van der Waals surface area (Å²) in [5.74, 6) is -0.217. The van der Waals surface area contributed by atoms with Crippen LogP contribution in [0.1, 0.15) is 69.5 Å². The van der Waals surface area contributed by atoms with Crippen molar-refractivity contribution in [1.82, 2.24) is 15.1 Å². The molecule has 0 spiro atoms. The Morgan fingerprint density at radius 1 is 1.12 bits per heavy atom. The van der Waals surface area contributed by atoms with Crippen LogP contribution in [0.2, 0.25) is 0 Å². The Bertz CT molecular complexity index is 582. The summed E-state index contributed by atoms with van der Waals surface area (Å²) in [6, 6.07) is 1.73. The number of aromatic nitrogens is 2. The highest BCUT2D eigenvalue weighted by molar-refractivity contribution is 5.46. The van der Waals surface area contributed by atoms with E-state index in [1.807, 2.05) is 13.8 Å². The third-order valence-corrected chi connectivity index (χ3v) is 5.34. The molecule has 140 valence electrons. The Morgan fingerprint density at radius 3 is 2.48 bits per heavy atom. The second-order valence-corrected chi connectivity index (χ2v) is 7.60. The number of alkyl halides is 3. The molecular formula is C18H27F3N4. The summed E-state index contributed by atoms with van der Waals surface area (Å²) in [6.07, 6.45) is 2.40. The zero-order chi connectivity index (χ0) is 18.0. The van der Waals surface area contributed by atoms with Crippen LogP contribution in [0, 0.1) is 0 Å². The fourth-order valence-corrected chi connectivity index (χ4v) is 3.93. The van der Waals surface area contributed by atoms with Crippen LogP contribution in [0.25, 0.3) is 0 Å². The van der Waals surface area contributed by atoms with Crippen LogP contribution in [-0.4, -0.2) is 40.3 Å². The van der Waals surface area contributed by atoms with Crippen LogP contribution in [0.15, 0.2) is 6.07 Å². The molecule has 1 N–H and O–H groups in total. The van der Waals surface area contributed by atoms with Gasteiger partial charge >= 0.3 is 6.18 Å². The molecule has 25 heavy (non-hydrogen) atoms. The highest BCUT2D eigenvalue weighted by Crippen LogP contribution is 2.35. The summed E-state index contributed by atoms with van der Waals surface area (Å²) < 4.78 is 40.4. The topological polar surface area (TPSA) is 41.0 Å². The zero-order valence-corrected chi connectivity index (χ0v) is 14.9. The maximum Gasteiger partial charge on any atom is 0.420 e. The maximum atomic E-state index is 13.5. The van der Waals surface area contributed by atoms with Crippen molar-refractivity contribution in [3.63, 3.8) is 0 Å². The first-order valence-electron chi connectivity index (χ1n) is 9.30. The molecule has 1 atom stereocenters. The third kappa shape index (κ3) is 4.43. The van der Waals surface area contributed by atoms with Gasteiger partial charge in [0.2, 0.25) is 0 Å². The smallest absolute Gasteiger partial charge is 0.364 e. The van der Waals surface area contributed by atoms with E-state index in [2.05, 4.69) is 20.4 Å². The number of piperidine rings is 1. The van der Waals surface area contributed by atoms with E-state index in [9.17, 15) is 13.2 Å². The van der Waals surface area contributed by atoms with Crippen LogP contribution in [0.4, 0.5) is 19.0 Å². The third-order valence-electron chi connectivity index (χ3n) is 5.34. The van der Waals surface area contributed by atoms with Crippen LogP contribution in [-0.2, 0) is 6.18 Å². The number of hydrogen-bond donors (Lipinski definition) is 1. The van der Waals surface area contributed by atoms with E-state index in [0.29, 0.717) is 11.7 Å². The van der Waals surface area contributed by atoms with Crippen molar-refractivity contribution in [2.45, 2.75) is 76.6 Å². The molecule has 2 fully saturated rings. The molecule has 4 nitrogen and oxygen atoms in total. The SMILES string of the molecule is CC(C)c1cc(C(F)(F)F)c(N[C@H]2CCCN(C3CCCC3)C2)nn1. The molecule has 1 aliphatic heterocycles. The summed E-state index contributed by atoms with van der Waals surface area (Å²) in [6.45, 7) is 5.47. The molecule has 1 aliphatic carbocycles. The normalized spacial score (nSPS) is 23.4. The Hall–Kier alpha value is -1.37. The van der Waals surface area contributed by atoms with Gasteiger partial charge in [0.1, 0.15) is 5.56 Å². The van der Waals surface area contributed by atoms with Gasteiger partial charge in [-0.3, -0.25) is 4.90 Å². The van der Waals surface area contributed by atoms with Crippen molar-refractivity contribution in [1.29, 1.82) is 0 Å². The summed E-state index contributed by atoms with van der Waals surface area (Å²) in [7, 11) is 0. The molecule has 0 bridgehead atoms. The molecule has 3 rings (SSSR count). The Morgan fingerprint density at radius 2 is 1.84 bits per heavy atom. The number of nitrogens with one attached hydrogen (secondary N) is 1. The van der Waals surface area contributed by atoms with Crippen LogP contribution in [0.3, 0.4) is 0 Å². The highest BCUT2D eigenvalue weighted by Gasteiger charge is 2.37. The average molecular weight is 356 g/mol. The van der Waals surface area contributed by atoms with Crippen LogP contribution < -0.4 is 5.32 Å². The van der Waals surface area contributed by atoms with Gasteiger partial charge < -0.3 is 5.32 Å². The predicted molar refractivity (Wildman–Crippen MR) is 91.6 cm³/mol. The molecule has 0 unspecified atom stereocenters. The molecular weight excluding hydrogens is 329 g/mol. The van der Waals surface area contributed by atoms with Crippen molar-refractivity contribution in [3.8, 4) is 0 Å². The first-order chi connectivity index (χ1) is 11.8. The molecule has 0 amide bonds. The fraction of sp³-hybridized carbons (Fsp3) is 0.778. The van der Waals surface area contributed by atoms with Gasteiger partial charge in [-0.1, -0.05) is 26.7 Å². The van der Waals surface area contributed by atoms with E-state index in [1.54, 1.807) is 0 Å². The summed E-state index contributed by atoms with van der Waals surface area (Å²) in [5.41, 5.74) is -0.335. The van der Waals surface area contributed by atoms with Gasteiger partial charge in [0.25, 0.3) is 0 Å². The number of likely N-dealkylation sites (tertiary alicyclic amines) is 1. The maximum absolute atomic E-state index is 13.5. The summed E-state index contributed by atoms with van der Waals surface area (Å²) in [5, 5.41) is 10.9. The standard InChI is InChI=1S/C18H27F3N4/c1-12(2)16-10-15(18(19,20)21)17(24-23-16)22-13-6-5-9-25(11-13)14-7-3-4-8-14/h10,12-14H,3-9,11H2,1-2H3,(H,22,24)/t13-/m0/s1. The van der Waals surface area contributed by atoms with Crippen molar-refractivity contribution < 1.29 is 13.2 Å². The molecule has 2 heterocycles. The number of halogens is 3. The van der Waals surface area contributed by atoms with Gasteiger partial charge in [0.15, 0.2) is 5.82 Å². The number of hydrogen-bond acceptors (Lipinski definition) is 4. The first-order valence-corrected chi connectivity index (χ1v) is 9.30. The van der Waals surface area contributed by atoms with Gasteiger partial charge in [0, 0.05) is 18.6 Å². The lowest BCUT2D eigenvalue weighted by Gasteiger charge is -2.37. The molecule has 2 aliphatic rings. The van der Waals surface area contributed by atoms with Crippen molar-refractivity contribution >= 4 is 5.82 Å². The average Bonchev–Trinajstić information content (AvgIpc) is 3.09. The highest BCUT2D eigenvalue weighted by atomic mass is 19.4. The Kier molecular flexibility index (Phi) is 5.51. The fourth-order valence-electron chi connectivity index (χ4n) is 3.93. The molecule has 7 heteroatoms. The second-order valence-electron chi connectivity index (χ2n) is 7.60. The minimum Gasteiger partial charge on any atom is -0.364 e. The van der Waals surface area contributed by atoms with Crippen LogP contribution in [0.5, 0.6) is 0 Å². The lowest BCUT2D eigenvalue weighted by atomic mass is 10.0. The zero-order valence-electron chi connectivity index (χ0n) is 14.9. The minimum atomic E-state index is -4.43. The molecule has 0 aromatic carbocycles.